The van der Waals surface area contributed by atoms with Crippen LogP contribution in [0.25, 0.3) is 0 Å². The zero-order valence-corrected chi connectivity index (χ0v) is 22.9. The van der Waals surface area contributed by atoms with Gasteiger partial charge < -0.3 is 31.7 Å². The molecular formula is C22H37N7O6S2. The molecule has 0 saturated carbocycles. The van der Waals surface area contributed by atoms with Crippen LogP contribution in [0, 0.1) is 11.8 Å². The minimum atomic E-state index is -3.60. The van der Waals surface area contributed by atoms with E-state index < -0.39 is 28.1 Å². The number of nitrogens with one attached hydrogen (secondary N) is 4. The normalized spacial score (nSPS) is 33.0. The van der Waals surface area contributed by atoms with E-state index in [1.54, 1.807) is 14.0 Å². The summed E-state index contributed by atoms with van der Waals surface area (Å²) < 4.78 is 29.1. The molecule has 0 bridgehead atoms. The Hall–Kier alpha value is -1.75. The topological polar surface area (TPSA) is 186 Å². The van der Waals surface area contributed by atoms with E-state index in [9.17, 15) is 27.9 Å². The van der Waals surface area contributed by atoms with Crippen LogP contribution < -0.4 is 26.4 Å². The first-order chi connectivity index (χ1) is 17.4. The molecule has 7 N–H and O–H groups in total. The Kier molecular flexibility index (Phi) is 8.52. The number of thioether (sulfide) groups is 1. The molecule has 4 aliphatic heterocycles. The van der Waals surface area contributed by atoms with Gasteiger partial charge in [-0.1, -0.05) is 6.92 Å². The minimum Gasteiger partial charge on any atom is -0.477 e. The fourth-order valence-electron chi connectivity index (χ4n) is 5.73. The Morgan fingerprint density at radius 1 is 1.35 bits per heavy atom. The summed E-state index contributed by atoms with van der Waals surface area (Å²) in [5, 5.41) is 18.9. The van der Waals surface area contributed by atoms with Gasteiger partial charge in [0.1, 0.15) is 5.70 Å². The fraction of sp³-hybridized carbons (Fsp3) is 0.773. The Morgan fingerprint density at radius 3 is 2.70 bits per heavy atom. The van der Waals surface area contributed by atoms with E-state index in [4.69, 9.17) is 5.73 Å². The molecule has 1 unspecified atom stereocenters. The van der Waals surface area contributed by atoms with Crippen molar-refractivity contribution in [1.82, 2.24) is 29.9 Å². The van der Waals surface area contributed by atoms with Gasteiger partial charge >= 0.3 is 5.97 Å². The number of nitrogens with zero attached hydrogens (tertiary/aromatic N) is 2. The Morgan fingerprint density at radius 2 is 2.08 bits per heavy atom. The lowest BCUT2D eigenvalue weighted by atomic mass is 9.78. The third kappa shape index (κ3) is 5.67. The van der Waals surface area contributed by atoms with Crippen LogP contribution in [-0.4, -0.2) is 110 Å². The summed E-state index contributed by atoms with van der Waals surface area (Å²) >= 11 is 1.45. The van der Waals surface area contributed by atoms with Crippen molar-refractivity contribution < 1.29 is 27.9 Å². The van der Waals surface area contributed by atoms with Gasteiger partial charge in [-0.3, -0.25) is 9.59 Å². The number of hydrogen-bond acceptors (Lipinski definition) is 9. The van der Waals surface area contributed by atoms with E-state index >= 15 is 0 Å². The second-order valence-corrected chi connectivity index (χ2v) is 13.4. The van der Waals surface area contributed by atoms with Gasteiger partial charge in [0.25, 0.3) is 10.2 Å². The van der Waals surface area contributed by atoms with Crippen molar-refractivity contribution >= 4 is 39.8 Å². The van der Waals surface area contributed by atoms with Crippen LogP contribution in [0.4, 0.5) is 0 Å². The summed E-state index contributed by atoms with van der Waals surface area (Å²) in [4.78, 5) is 39.2. The lowest BCUT2D eigenvalue weighted by Gasteiger charge is -2.47. The molecule has 4 rings (SSSR count). The number of amides is 2. The van der Waals surface area contributed by atoms with Crippen molar-refractivity contribution in [2.45, 2.75) is 56.1 Å². The van der Waals surface area contributed by atoms with Gasteiger partial charge in [-0.15, -0.1) is 11.8 Å². The van der Waals surface area contributed by atoms with Gasteiger partial charge in [-0.25, -0.2) is 9.52 Å². The molecule has 37 heavy (non-hydrogen) atoms. The maximum absolute atomic E-state index is 13.0. The van der Waals surface area contributed by atoms with Crippen LogP contribution in [0.3, 0.4) is 0 Å². The number of carbonyl (C=O) groups excluding carboxylic acids is 2. The van der Waals surface area contributed by atoms with E-state index in [2.05, 4.69) is 20.7 Å². The highest BCUT2D eigenvalue weighted by Crippen LogP contribution is 2.51. The smallest absolute Gasteiger partial charge is 0.353 e. The first kappa shape index (κ1) is 28.3. The minimum absolute atomic E-state index is 0.0204. The van der Waals surface area contributed by atoms with Gasteiger partial charge in [0.05, 0.1) is 18.5 Å². The van der Waals surface area contributed by atoms with E-state index in [1.165, 1.54) is 21.0 Å². The highest BCUT2D eigenvalue weighted by Gasteiger charge is 2.60. The predicted molar refractivity (Wildman–Crippen MR) is 138 cm³/mol. The lowest BCUT2D eigenvalue weighted by molar-refractivity contribution is -0.158. The number of hydrogen-bond donors (Lipinski definition) is 6. The number of likely N-dealkylation sites (N-methyl/N-ethyl adjacent to an activating group) is 1. The molecule has 4 heterocycles. The molecule has 0 aromatic heterocycles. The van der Waals surface area contributed by atoms with Crippen molar-refractivity contribution in [3.63, 3.8) is 0 Å². The number of carboxylic acid groups (broad SMARTS) is 1. The number of aliphatic carboxylic acids is 1. The monoisotopic (exact) mass is 559 g/mol. The zero-order valence-electron chi connectivity index (χ0n) is 21.3. The molecule has 13 nitrogen and oxygen atoms in total. The van der Waals surface area contributed by atoms with Crippen LogP contribution in [-0.2, 0) is 24.6 Å². The molecule has 7 atom stereocenters. The van der Waals surface area contributed by atoms with Gasteiger partial charge in [0.2, 0.25) is 11.8 Å². The summed E-state index contributed by atoms with van der Waals surface area (Å²) in [5.41, 5.74) is 5.85. The third-order valence-electron chi connectivity index (χ3n) is 7.57. The maximum atomic E-state index is 13.0. The second kappa shape index (κ2) is 11.2. The summed E-state index contributed by atoms with van der Waals surface area (Å²) in [6, 6.07) is -0.984. The summed E-state index contributed by atoms with van der Waals surface area (Å²) in [6.45, 7) is 5.36. The van der Waals surface area contributed by atoms with Crippen LogP contribution in [0.1, 0.15) is 26.7 Å². The summed E-state index contributed by atoms with van der Waals surface area (Å²) in [5.74, 6) is -2.35. The number of rotatable bonds is 11. The van der Waals surface area contributed by atoms with Crippen molar-refractivity contribution in [3.05, 3.63) is 10.6 Å². The van der Waals surface area contributed by atoms with Crippen LogP contribution in [0.15, 0.2) is 10.6 Å². The largest absolute Gasteiger partial charge is 0.477 e. The van der Waals surface area contributed by atoms with Gasteiger partial charge in [0.15, 0.2) is 0 Å². The molecule has 0 spiro atoms. The Bertz CT molecular complexity index is 1070. The molecule has 15 heteroatoms. The molecule has 0 aliphatic carbocycles. The van der Waals surface area contributed by atoms with Crippen molar-refractivity contribution in [2.75, 3.05) is 39.8 Å². The molecule has 0 aromatic rings. The van der Waals surface area contributed by atoms with E-state index in [0.717, 1.165) is 0 Å². The van der Waals surface area contributed by atoms with Crippen molar-refractivity contribution in [1.29, 1.82) is 0 Å². The Balaban J connectivity index is 1.37. The average molecular weight is 560 g/mol. The third-order valence-corrected chi connectivity index (χ3v) is 10.6. The molecule has 4 aliphatic rings. The first-order valence-corrected chi connectivity index (χ1v) is 14.9. The standard InChI is InChI=1S/C22H37N7O6S2/c1-11-18-17(12(2)27-16(30)9-24-3)21(31)29(18)19(22(32)33)20(11)36-15-6-14(25-8-15)7-26-37(34,35)28-5-4-13(23)10-28/h11-15,17-18,24-26H,4-10,23H2,1-3H3,(H,27,30)(H,32,33)/t11-,12?,13+,14+,15+,17-,18-/m1/s1. The molecule has 0 radical (unpaired) electrons. The summed E-state index contributed by atoms with van der Waals surface area (Å²) in [6.07, 6.45) is 1.29. The van der Waals surface area contributed by atoms with Crippen molar-refractivity contribution in [3.8, 4) is 0 Å². The van der Waals surface area contributed by atoms with Gasteiger partial charge in [-0.2, -0.15) is 12.7 Å². The van der Waals surface area contributed by atoms with Crippen LogP contribution in [0.2, 0.25) is 0 Å². The fourth-order valence-corrected chi connectivity index (χ4v) is 8.57. The van der Waals surface area contributed by atoms with E-state index in [-0.39, 0.29) is 59.9 Å². The van der Waals surface area contributed by atoms with Crippen LogP contribution in [0.5, 0.6) is 0 Å². The van der Waals surface area contributed by atoms with Gasteiger partial charge in [-0.05, 0) is 26.8 Å². The molecule has 2 amide bonds. The highest BCUT2D eigenvalue weighted by molar-refractivity contribution is 8.03. The predicted octanol–water partition coefficient (Wildman–Crippen LogP) is -2.19. The van der Waals surface area contributed by atoms with E-state index in [0.29, 0.717) is 37.4 Å². The van der Waals surface area contributed by atoms with Gasteiger partial charge in [0, 0.05) is 60.4 Å². The number of nitrogens with two attached hydrogens (primary N) is 1. The zero-order chi connectivity index (χ0) is 27.1. The highest BCUT2D eigenvalue weighted by atomic mass is 32.2. The number of carbonyl (C=O) groups is 3. The van der Waals surface area contributed by atoms with Crippen molar-refractivity contribution in [2.24, 2.45) is 17.6 Å². The molecule has 3 saturated heterocycles. The molecular weight excluding hydrogens is 522 g/mol. The maximum Gasteiger partial charge on any atom is 0.353 e. The SMILES string of the molecule is CNCC(=O)NC(C)[C@H]1C(=O)N2C(C(=O)O)=C(S[C@@H]3CN[C@H](CNS(=O)(=O)N4CC[C@H](N)C4)C3)[C@H](C)[C@H]12. The second-order valence-electron chi connectivity index (χ2n) is 10.3. The average Bonchev–Trinajstić information content (AvgIpc) is 3.51. The number of β-lactam (4-membered cyclic amide) rings is 1. The Labute approximate surface area is 221 Å². The first-order valence-electron chi connectivity index (χ1n) is 12.6. The lowest BCUT2D eigenvalue weighted by Crippen LogP contribution is -2.66. The molecule has 0 aromatic carbocycles. The summed E-state index contributed by atoms with van der Waals surface area (Å²) in [7, 11) is -1.94. The number of fused-ring (bicyclic) bond motifs is 1. The van der Waals surface area contributed by atoms with Crippen LogP contribution >= 0.6 is 11.8 Å². The molecule has 208 valence electrons. The molecule has 3 fully saturated rings. The number of carboxylic acids is 1. The van der Waals surface area contributed by atoms with E-state index in [1.807, 2.05) is 6.92 Å². The quantitative estimate of drug-likeness (QED) is 0.152.